The van der Waals surface area contributed by atoms with Gasteiger partial charge >= 0.3 is 0 Å². The van der Waals surface area contributed by atoms with Gasteiger partial charge < -0.3 is 9.64 Å². The first-order chi connectivity index (χ1) is 10.4. The summed E-state index contributed by atoms with van der Waals surface area (Å²) < 4.78 is 5.26. The summed E-state index contributed by atoms with van der Waals surface area (Å²) in [4.78, 5) is 11.5. The predicted octanol–water partition coefficient (Wildman–Crippen LogP) is 3.01. The van der Waals surface area contributed by atoms with Crippen molar-refractivity contribution in [2.45, 2.75) is 12.8 Å². The molecule has 0 bridgehead atoms. The number of piperidine rings is 1. The molecule has 21 heavy (non-hydrogen) atoms. The van der Waals surface area contributed by atoms with Crippen molar-refractivity contribution in [2.75, 3.05) is 31.7 Å². The number of aromatic nitrogens is 2. The fourth-order valence-corrected chi connectivity index (χ4v) is 2.82. The van der Waals surface area contributed by atoms with E-state index >= 15 is 0 Å². The van der Waals surface area contributed by atoms with Gasteiger partial charge in [0.15, 0.2) is 5.82 Å². The third kappa shape index (κ3) is 3.39. The van der Waals surface area contributed by atoms with Gasteiger partial charge in [-0.2, -0.15) is 0 Å². The fraction of sp³-hybridized carbons (Fsp3) is 0.412. The molecule has 4 heteroatoms. The molecule has 0 saturated carbocycles. The number of nitrogens with zero attached hydrogens (tertiary/aromatic N) is 3. The summed E-state index contributed by atoms with van der Waals surface area (Å²) in [5.41, 5.74) is 1.06. The molecule has 4 nitrogen and oxygen atoms in total. The van der Waals surface area contributed by atoms with Crippen LogP contribution in [-0.4, -0.2) is 36.8 Å². The molecule has 1 fully saturated rings. The van der Waals surface area contributed by atoms with Crippen LogP contribution in [0.2, 0.25) is 0 Å². The van der Waals surface area contributed by atoms with Gasteiger partial charge in [-0.25, -0.2) is 9.97 Å². The topological polar surface area (TPSA) is 38.2 Å². The van der Waals surface area contributed by atoms with Crippen molar-refractivity contribution in [3.05, 3.63) is 42.6 Å². The van der Waals surface area contributed by atoms with Crippen molar-refractivity contribution >= 4 is 5.82 Å². The highest BCUT2D eigenvalue weighted by Gasteiger charge is 2.20. The van der Waals surface area contributed by atoms with E-state index in [0.29, 0.717) is 5.92 Å². The molecule has 0 atom stereocenters. The smallest absolute Gasteiger partial charge is 0.161 e. The Kier molecular flexibility index (Phi) is 4.46. The predicted molar refractivity (Wildman–Crippen MR) is 84.3 cm³/mol. The molecule has 0 aliphatic carbocycles. The monoisotopic (exact) mass is 283 g/mol. The molecule has 110 valence electrons. The summed E-state index contributed by atoms with van der Waals surface area (Å²) in [6, 6.07) is 12.1. The highest BCUT2D eigenvalue weighted by Crippen LogP contribution is 2.23. The van der Waals surface area contributed by atoms with Crippen LogP contribution in [0.1, 0.15) is 12.8 Å². The van der Waals surface area contributed by atoms with Crippen LogP contribution in [0.3, 0.4) is 0 Å². The van der Waals surface area contributed by atoms with Gasteiger partial charge in [0.1, 0.15) is 5.82 Å². The maximum Gasteiger partial charge on any atom is 0.161 e. The molecular weight excluding hydrogens is 262 g/mol. The molecule has 1 aliphatic rings. The number of methoxy groups -OCH3 is 1. The summed E-state index contributed by atoms with van der Waals surface area (Å²) in [5.74, 6) is 2.51. The number of rotatable bonds is 4. The van der Waals surface area contributed by atoms with E-state index in [4.69, 9.17) is 9.72 Å². The molecule has 2 heterocycles. The zero-order valence-electron chi connectivity index (χ0n) is 12.4. The Balaban J connectivity index is 1.72. The Morgan fingerprint density at radius 2 is 1.90 bits per heavy atom. The van der Waals surface area contributed by atoms with Crippen molar-refractivity contribution < 1.29 is 4.74 Å². The van der Waals surface area contributed by atoms with Crippen LogP contribution in [0, 0.1) is 5.92 Å². The lowest BCUT2D eigenvalue weighted by molar-refractivity contribution is 0.139. The maximum atomic E-state index is 5.26. The van der Waals surface area contributed by atoms with Crippen molar-refractivity contribution in [2.24, 2.45) is 5.92 Å². The summed E-state index contributed by atoms with van der Waals surface area (Å²) in [7, 11) is 1.78. The van der Waals surface area contributed by atoms with E-state index in [0.717, 1.165) is 36.9 Å². The average molecular weight is 283 g/mol. The van der Waals surface area contributed by atoms with Gasteiger partial charge in [0.05, 0.1) is 0 Å². The lowest BCUT2D eigenvalue weighted by atomic mass is 9.98. The number of hydrogen-bond donors (Lipinski definition) is 0. The summed E-state index contributed by atoms with van der Waals surface area (Å²) in [5, 5.41) is 0. The lowest BCUT2D eigenvalue weighted by Gasteiger charge is -2.32. The van der Waals surface area contributed by atoms with Crippen molar-refractivity contribution in [1.82, 2.24) is 9.97 Å². The molecule has 0 N–H and O–H groups in total. The van der Waals surface area contributed by atoms with Crippen LogP contribution < -0.4 is 4.90 Å². The molecule has 0 radical (unpaired) electrons. The van der Waals surface area contributed by atoms with Gasteiger partial charge in [0.2, 0.25) is 0 Å². The Morgan fingerprint density at radius 1 is 1.14 bits per heavy atom. The molecule has 0 unspecified atom stereocenters. The molecule has 2 aromatic rings. The molecule has 1 aliphatic heterocycles. The van der Waals surface area contributed by atoms with E-state index in [9.17, 15) is 0 Å². The van der Waals surface area contributed by atoms with E-state index in [-0.39, 0.29) is 0 Å². The first-order valence-corrected chi connectivity index (χ1v) is 7.49. The fourth-order valence-electron chi connectivity index (χ4n) is 2.82. The van der Waals surface area contributed by atoms with Gasteiger partial charge in [-0.15, -0.1) is 0 Å². The molecule has 0 amide bonds. The van der Waals surface area contributed by atoms with Gasteiger partial charge in [-0.05, 0) is 24.8 Å². The van der Waals surface area contributed by atoms with Crippen molar-refractivity contribution in [3.8, 4) is 11.4 Å². The lowest BCUT2D eigenvalue weighted by Crippen LogP contribution is -2.35. The van der Waals surface area contributed by atoms with Crippen LogP contribution in [0.5, 0.6) is 0 Å². The molecule has 1 aromatic carbocycles. The van der Waals surface area contributed by atoms with Crippen LogP contribution >= 0.6 is 0 Å². The molecule has 0 spiro atoms. The number of benzene rings is 1. The van der Waals surface area contributed by atoms with E-state index < -0.39 is 0 Å². The largest absolute Gasteiger partial charge is 0.384 e. The summed E-state index contributed by atoms with van der Waals surface area (Å²) in [6.07, 6.45) is 4.18. The van der Waals surface area contributed by atoms with Gasteiger partial charge in [-0.3, -0.25) is 0 Å². The summed E-state index contributed by atoms with van der Waals surface area (Å²) in [6.45, 7) is 2.95. The van der Waals surface area contributed by atoms with Crippen LogP contribution in [0.4, 0.5) is 5.82 Å². The SMILES string of the molecule is COCC1CCN(c2ccnc(-c3ccccc3)n2)CC1. The number of ether oxygens (including phenoxy) is 1. The normalized spacial score (nSPS) is 16.1. The van der Waals surface area contributed by atoms with E-state index in [1.807, 2.05) is 42.6 Å². The van der Waals surface area contributed by atoms with Crippen molar-refractivity contribution in [3.63, 3.8) is 0 Å². The van der Waals surface area contributed by atoms with Gasteiger partial charge in [-0.1, -0.05) is 30.3 Å². The zero-order valence-corrected chi connectivity index (χ0v) is 12.4. The Labute approximate surface area is 125 Å². The third-order valence-corrected chi connectivity index (χ3v) is 4.01. The average Bonchev–Trinajstić information content (AvgIpc) is 2.57. The minimum Gasteiger partial charge on any atom is -0.384 e. The highest BCUT2D eigenvalue weighted by molar-refractivity contribution is 5.57. The van der Waals surface area contributed by atoms with E-state index in [1.54, 1.807) is 7.11 Å². The van der Waals surface area contributed by atoms with Crippen LogP contribution in [0.25, 0.3) is 11.4 Å². The number of anilines is 1. The molecule has 1 saturated heterocycles. The minimum absolute atomic E-state index is 0.682. The molecular formula is C17H21N3O. The molecule has 3 rings (SSSR count). The van der Waals surface area contributed by atoms with Gasteiger partial charge in [0.25, 0.3) is 0 Å². The Hall–Kier alpha value is -1.94. The standard InChI is InChI=1S/C17H21N3O/c1-21-13-14-8-11-20(12-9-14)16-7-10-18-17(19-16)15-5-3-2-4-6-15/h2-7,10,14H,8-9,11-13H2,1H3. The maximum absolute atomic E-state index is 5.26. The van der Waals surface area contributed by atoms with Crippen LogP contribution in [0.15, 0.2) is 42.6 Å². The Bertz CT molecular complexity index is 565. The Morgan fingerprint density at radius 3 is 2.62 bits per heavy atom. The summed E-state index contributed by atoms with van der Waals surface area (Å²) >= 11 is 0. The van der Waals surface area contributed by atoms with E-state index in [2.05, 4.69) is 9.88 Å². The second-order valence-electron chi connectivity index (χ2n) is 5.49. The first kappa shape index (κ1) is 14.0. The zero-order chi connectivity index (χ0) is 14.5. The minimum atomic E-state index is 0.682. The highest BCUT2D eigenvalue weighted by atomic mass is 16.5. The third-order valence-electron chi connectivity index (χ3n) is 4.01. The number of hydrogen-bond acceptors (Lipinski definition) is 4. The van der Waals surface area contributed by atoms with Crippen LogP contribution in [-0.2, 0) is 4.74 Å². The van der Waals surface area contributed by atoms with E-state index in [1.165, 1.54) is 12.8 Å². The quantitative estimate of drug-likeness (QED) is 0.864. The second kappa shape index (κ2) is 6.68. The van der Waals surface area contributed by atoms with Crippen molar-refractivity contribution in [1.29, 1.82) is 0 Å². The second-order valence-corrected chi connectivity index (χ2v) is 5.49. The van der Waals surface area contributed by atoms with Gasteiger partial charge in [0, 0.05) is 38.6 Å². The molecule has 1 aromatic heterocycles. The first-order valence-electron chi connectivity index (χ1n) is 7.49.